The van der Waals surface area contributed by atoms with Crippen molar-refractivity contribution in [3.05, 3.63) is 29.6 Å². The minimum Gasteiger partial charge on any atom is -0.337 e. The van der Waals surface area contributed by atoms with E-state index in [0.29, 0.717) is 18.5 Å². The highest BCUT2D eigenvalue weighted by atomic mass is 16.2. The Balaban J connectivity index is 2.03. The maximum atomic E-state index is 11.4. The van der Waals surface area contributed by atoms with E-state index in [-0.39, 0.29) is 11.8 Å². The average molecular weight is 234 g/mol. The van der Waals surface area contributed by atoms with Gasteiger partial charge in [0.1, 0.15) is 0 Å². The zero-order chi connectivity index (χ0) is 12.3. The van der Waals surface area contributed by atoms with Gasteiger partial charge in [-0.1, -0.05) is 0 Å². The number of pyridine rings is 1. The fourth-order valence-corrected chi connectivity index (χ4v) is 1.80. The minimum absolute atomic E-state index is 0.163. The van der Waals surface area contributed by atoms with Gasteiger partial charge in [0.2, 0.25) is 5.91 Å². The maximum absolute atomic E-state index is 11.4. The summed E-state index contributed by atoms with van der Waals surface area (Å²) in [5.41, 5.74) is 3.22. The topological polar surface area (TPSA) is 88.3 Å². The number of nitrogens with one attached hydrogen (secondary N) is 1. The van der Waals surface area contributed by atoms with Gasteiger partial charge in [-0.15, -0.1) is 0 Å². The van der Waals surface area contributed by atoms with Crippen LogP contribution in [-0.2, 0) is 11.3 Å². The lowest BCUT2D eigenvalue weighted by atomic mass is 10.2. The number of nitrogens with two attached hydrogens (primary N) is 1. The molecule has 1 aliphatic rings. The van der Waals surface area contributed by atoms with Crippen LogP contribution in [0.3, 0.4) is 0 Å². The molecule has 0 aliphatic carbocycles. The molecule has 3 N–H and O–H groups in total. The summed E-state index contributed by atoms with van der Waals surface area (Å²) in [5.74, 6) is 4.80. The Labute approximate surface area is 98.8 Å². The molecule has 1 fully saturated rings. The number of amides is 2. The van der Waals surface area contributed by atoms with Gasteiger partial charge in [-0.05, 0) is 18.6 Å². The van der Waals surface area contributed by atoms with Gasteiger partial charge in [-0.25, -0.2) is 5.84 Å². The predicted octanol–water partition coefficient (Wildman–Crippen LogP) is -0.193. The number of carbonyl (C=O) groups is 2. The average Bonchev–Trinajstić information content (AvgIpc) is 2.75. The van der Waals surface area contributed by atoms with Gasteiger partial charge in [0, 0.05) is 19.2 Å². The lowest BCUT2D eigenvalue weighted by Gasteiger charge is -2.14. The Kier molecular flexibility index (Phi) is 3.34. The summed E-state index contributed by atoms with van der Waals surface area (Å²) in [6.07, 6.45) is 2.98. The number of hydrazine groups is 1. The lowest BCUT2D eigenvalue weighted by Crippen LogP contribution is -2.30. The van der Waals surface area contributed by atoms with Crippen molar-refractivity contribution < 1.29 is 9.59 Å². The Hall–Kier alpha value is -1.95. The van der Waals surface area contributed by atoms with Gasteiger partial charge >= 0.3 is 0 Å². The van der Waals surface area contributed by atoms with Crippen LogP contribution >= 0.6 is 0 Å². The molecule has 1 saturated heterocycles. The van der Waals surface area contributed by atoms with E-state index in [1.807, 2.05) is 5.43 Å². The third-order valence-electron chi connectivity index (χ3n) is 2.74. The van der Waals surface area contributed by atoms with E-state index in [2.05, 4.69) is 4.98 Å². The van der Waals surface area contributed by atoms with E-state index in [4.69, 9.17) is 5.84 Å². The molecule has 2 amide bonds. The largest absolute Gasteiger partial charge is 0.337 e. The molecule has 17 heavy (non-hydrogen) atoms. The molecule has 6 heteroatoms. The number of hydrogen-bond donors (Lipinski definition) is 2. The highest BCUT2D eigenvalue weighted by Crippen LogP contribution is 2.13. The first-order chi connectivity index (χ1) is 8.20. The van der Waals surface area contributed by atoms with Crippen molar-refractivity contribution in [1.29, 1.82) is 0 Å². The molecule has 0 unspecified atom stereocenters. The number of likely N-dealkylation sites (tertiary alicyclic amines) is 1. The predicted molar refractivity (Wildman–Crippen MR) is 60.5 cm³/mol. The Morgan fingerprint density at radius 2 is 2.35 bits per heavy atom. The fourth-order valence-electron chi connectivity index (χ4n) is 1.80. The highest BCUT2D eigenvalue weighted by molar-refractivity contribution is 5.93. The second-order valence-electron chi connectivity index (χ2n) is 3.93. The summed E-state index contributed by atoms with van der Waals surface area (Å²) in [5, 5.41) is 0. The van der Waals surface area contributed by atoms with Gasteiger partial charge in [0.25, 0.3) is 5.91 Å². The smallest absolute Gasteiger partial charge is 0.266 e. The van der Waals surface area contributed by atoms with Crippen LogP contribution in [0.1, 0.15) is 28.9 Å². The second kappa shape index (κ2) is 4.92. The van der Waals surface area contributed by atoms with Gasteiger partial charge in [-0.3, -0.25) is 20.0 Å². The molecular weight excluding hydrogens is 220 g/mol. The standard InChI is InChI=1S/C11H14N4O2/c12-14-11(17)8-3-4-9(13-6-8)7-15-5-1-2-10(15)16/h3-4,6H,1-2,5,7,12H2,(H,14,17). The number of nitrogen functional groups attached to an aromatic ring is 1. The summed E-state index contributed by atoms with van der Waals surface area (Å²) in [6, 6.07) is 3.38. The van der Waals surface area contributed by atoms with Crippen LogP contribution in [-0.4, -0.2) is 28.2 Å². The second-order valence-corrected chi connectivity index (χ2v) is 3.93. The molecule has 90 valence electrons. The molecule has 0 radical (unpaired) electrons. The third-order valence-corrected chi connectivity index (χ3v) is 2.74. The zero-order valence-electron chi connectivity index (χ0n) is 9.35. The van der Waals surface area contributed by atoms with E-state index >= 15 is 0 Å². The number of aromatic nitrogens is 1. The van der Waals surface area contributed by atoms with Crippen LogP contribution in [0.4, 0.5) is 0 Å². The van der Waals surface area contributed by atoms with Gasteiger partial charge in [0.15, 0.2) is 0 Å². The molecular formula is C11H14N4O2. The van der Waals surface area contributed by atoms with Crippen molar-refractivity contribution in [3.8, 4) is 0 Å². The monoisotopic (exact) mass is 234 g/mol. The normalized spacial score (nSPS) is 15.1. The summed E-state index contributed by atoms with van der Waals surface area (Å²) in [7, 11) is 0. The van der Waals surface area contributed by atoms with Crippen LogP contribution in [0.15, 0.2) is 18.3 Å². The first-order valence-electron chi connectivity index (χ1n) is 5.44. The molecule has 1 aromatic rings. The zero-order valence-corrected chi connectivity index (χ0v) is 9.35. The molecule has 0 atom stereocenters. The van der Waals surface area contributed by atoms with E-state index < -0.39 is 0 Å². The number of nitrogens with zero attached hydrogens (tertiary/aromatic N) is 2. The first kappa shape index (κ1) is 11.5. The summed E-state index contributed by atoms with van der Waals surface area (Å²) < 4.78 is 0. The molecule has 0 spiro atoms. The summed E-state index contributed by atoms with van der Waals surface area (Å²) >= 11 is 0. The molecule has 1 aliphatic heterocycles. The van der Waals surface area contributed by atoms with Crippen molar-refractivity contribution in [2.24, 2.45) is 5.84 Å². The summed E-state index contributed by atoms with van der Waals surface area (Å²) in [6.45, 7) is 1.29. The Bertz CT molecular complexity index is 430. The van der Waals surface area contributed by atoms with E-state index in [9.17, 15) is 9.59 Å². The summed E-state index contributed by atoms with van der Waals surface area (Å²) in [4.78, 5) is 28.5. The van der Waals surface area contributed by atoms with Gasteiger partial charge < -0.3 is 4.90 Å². The minimum atomic E-state index is -0.374. The fraction of sp³-hybridized carbons (Fsp3) is 0.364. The number of hydrogen-bond acceptors (Lipinski definition) is 4. The van der Waals surface area contributed by atoms with Crippen molar-refractivity contribution in [3.63, 3.8) is 0 Å². The Morgan fingerprint density at radius 3 is 2.88 bits per heavy atom. The van der Waals surface area contributed by atoms with Crippen molar-refractivity contribution in [2.45, 2.75) is 19.4 Å². The first-order valence-corrected chi connectivity index (χ1v) is 5.44. The molecule has 0 saturated carbocycles. The third kappa shape index (κ3) is 2.59. The van der Waals surface area contributed by atoms with Crippen LogP contribution in [0.2, 0.25) is 0 Å². The maximum Gasteiger partial charge on any atom is 0.266 e. The SMILES string of the molecule is NNC(=O)c1ccc(CN2CCCC2=O)nc1. The van der Waals surface area contributed by atoms with Crippen LogP contribution in [0.25, 0.3) is 0 Å². The van der Waals surface area contributed by atoms with Crippen molar-refractivity contribution in [1.82, 2.24) is 15.3 Å². The lowest BCUT2D eigenvalue weighted by molar-refractivity contribution is -0.128. The van der Waals surface area contributed by atoms with Crippen LogP contribution in [0, 0.1) is 0 Å². The van der Waals surface area contributed by atoms with Crippen LogP contribution < -0.4 is 11.3 Å². The van der Waals surface area contributed by atoms with Crippen molar-refractivity contribution in [2.75, 3.05) is 6.54 Å². The van der Waals surface area contributed by atoms with Gasteiger partial charge in [-0.2, -0.15) is 0 Å². The van der Waals surface area contributed by atoms with Gasteiger partial charge in [0.05, 0.1) is 17.8 Å². The molecule has 6 nitrogen and oxygen atoms in total. The quantitative estimate of drug-likeness (QED) is 0.431. The molecule has 0 aromatic carbocycles. The Morgan fingerprint density at radius 1 is 1.53 bits per heavy atom. The van der Waals surface area contributed by atoms with Crippen LogP contribution in [0.5, 0.6) is 0 Å². The molecule has 1 aromatic heterocycles. The number of carbonyl (C=O) groups excluding carboxylic acids is 2. The molecule has 2 heterocycles. The van der Waals surface area contributed by atoms with E-state index in [0.717, 1.165) is 18.7 Å². The number of rotatable bonds is 3. The highest BCUT2D eigenvalue weighted by Gasteiger charge is 2.20. The molecule has 2 rings (SSSR count). The van der Waals surface area contributed by atoms with E-state index in [1.165, 1.54) is 6.20 Å². The van der Waals surface area contributed by atoms with Crippen molar-refractivity contribution >= 4 is 11.8 Å². The van der Waals surface area contributed by atoms with E-state index in [1.54, 1.807) is 17.0 Å². The molecule has 0 bridgehead atoms.